The van der Waals surface area contributed by atoms with Crippen molar-refractivity contribution >= 4 is 45.0 Å². The molecule has 0 aliphatic rings. The molecule has 7 nitrogen and oxygen atoms in total. The molecule has 1 N–H and O–H groups in total. The van der Waals surface area contributed by atoms with Crippen LogP contribution in [0.15, 0.2) is 29.4 Å². The number of aryl methyl sites for hydroxylation is 3. The lowest BCUT2D eigenvalue weighted by atomic mass is 10.1. The molecule has 4 aromatic rings. The van der Waals surface area contributed by atoms with Gasteiger partial charge in [-0.05, 0) is 38.7 Å². The number of nitrogens with zero attached hydrogens (tertiary/aromatic N) is 5. The number of fused-ring (bicyclic) bond motifs is 2. The fourth-order valence-electron chi connectivity index (χ4n) is 3.25. The average Bonchev–Trinajstić information content (AvgIpc) is 3.32. The zero-order valence-corrected chi connectivity index (χ0v) is 18.2. The fraction of sp³-hybridized carbons (Fsp3) is 0.350. The molecule has 0 atom stereocenters. The van der Waals surface area contributed by atoms with Crippen molar-refractivity contribution in [2.75, 3.05) is 12.8 Å². The van der Waals surface area contributed by atoms with Crippen molar-refractivity contribution in [2.24, 2.45) is 0 Å². The van der Waals surface area contributed by atoms with E-state index in [4.69, 9.17) is 0 Å². The molecule has 0 spiro atoms. The van der Waals surface area contributed by atoms with Gasteiger partial charge in [0.05, 0.1) is 21.6 Å². The van der Waals surface area contributed by atoms with Gasteiger partial charge in [-0.1, -0.05) is 23.9 Å². The monoisotopic (exact) mass is 426 g/mol. The minimum absolute atomic E-state index is 0.00754. The van der Waals surface area contributed by atoms with E-state index in [1.54, 1.807) is 15.9 Å². The van der Waals surface area contributed by atoms with Crippen LogP contribution < -0.4 is 5.32 Å². The van der Waals surface area contributed by atoms with Gasteiger partial charge in [0.1, 0.15) is 0 Å². The first-order valence-corrected chi connectivity index (χ1v) is 11.5. The summed E-state index contributed by atoms with van der Waals surface area (Å²) >= 11 is 3.19. The van der Waals surface area contributed by atoms with Gasteiger partial charge in [0.2, 0.25) is 11.1 Å². The normalized spacial score (nSPS) is 11.4. The van der Waals surface area contributed by atoms with Crippen molar-refractivity contribution in [3.8, 4) is 0 Å². The third kappa shape index (κ3) is 4.25. The van der Waals surface area contributed by atoms with E-state index in [2.05, 4.69) is 31.4 Å². The van der Waals surface area contributed by atoms with Crippen LogP contribution >= 0.6 is 23.1 Å². The van der Waals surface area contributed by atoms with Crippen molar-refractivity contribution in [2.45, 2.75) is 38.3 Å². The molecular weight excluding hydrogens is 404 g/mol. The lowest BCUT2D eigenvalue weighted by Crippen LogP contribution is -2.27. The molecule has 0 bridgehead atoms. The fourth-order valence-corrected chi connectivity index (χ4v) is 4.59. The Morgan fingerprint density at radius 3 is 2.83 bits per heavy atom. The second-order valence-electron chi connectivity index (χ2n) is 6.78. The van der Waals surface area contributed by atoms with Gasteiger partial charge in [0.25, 0.3) is 5.78 Å². The minimum atomic E-state index is -0.00754. The van der Waals surface area contributed by atoms with Crippen LogP contribution in [0.3, 0.4) is 0 Å². The molecule has 4 rings (SSSR count). The van der Waals surface area contributed by atoms with Crippen LogP contribution in [0.4, 0.5) is 0 Å². The predicted octanol–water partition coefficient (Wildman–Crippen LogP) is 3.36. The number of benzene rings is 1. The van der Waals surface area contributed by atoms with Crippen LogP contribution in [0.2, 0.25) is 0 Å². The molecule has 0 aliphatic heterocycles. The zero-order valence-electron chi connectivity index (χ0n) is 16.6. The molecule has 3 aromatic heterocycles. The number of carbonyl (C=O) groups is 1. The number of amides is 1. The van der Waals surface area contributed by atoms with E-state index in [0.29, 0.717) is 17.5 Å². The van der Waals surface area contributed by atoms with Gasteiger partial charge < -0.3 is 5.32 Å². The highest BCUT2D eigenvalue weighted by Crippen LogP contribution is 2.22. The maximum absolute atomic E-state index is 12.5. The Bertz CT molecular complexity index is 1150. The summed E-state index contributed by atoms with van der Waals surface area (Å²) in [4.78, 5) is 26.0. The number of nitrogens with one attached hydrogen (secondary N) is 1. The number of thiazole rings is 1. The van der Waals surface area contributed by atoms with Crippen LogP contribution in [0.25, 0.3) is 16.0 Å². The molecule has 1 aromatic carbocycles. The maximum Gasteiger partial charge on any atom is 0.253 e. The van der Waals surface area contributed by atoms with Gasteiger partial charge in [-0.3, -0.25) is 4.79 Å². The minimum Gasteiger partial charge on any atom is -0.356 e. The van der Waals surface area contributed by atoms with E-state index in [1.807, 2.05) is 38.3 Å². The smallest absolute Gasteiger partial charge is 0.253 e. The van der Waals surface area contributed by atoms with E-state index in [9.17, 15) is 4.79 Å². The Morgan fingerprint density at radius 1 is 1.21 bits per heavy atom. The second-order valence-corrected chi connectivity index (χ2v) is 8.67. The summed E-state index contributed by atoms with van der Waals surface area (Å²) in [6.45, 7) is 4.49. The molecule has 1 amide bonds. The molecule has 3 heterocycles. The summed E-state index contributed by atoms with van der Waals surface area (Å²) < 4.78 is 2.92. The van der Waals surface area contributed by atoms with Gasteiger partial charge in [0.15, 0.2) is 0 Å². The van der Waals surface area contributed by atoms with Crippen molar-refractivity contribution in [3.63, 3.8) is 0 Å². The molecular formula is C20H22N6OS2. The second kappa shape index (κ2) is 8.46. The number of carbonyl (C=O) groups excluding carboxylic acids is 1. The molecule has 0 saturated heterocycles. The van der Waals surface area contributed by atoms with E-state index < -0.39 is 0 Å². The number of para-hydroxylation sites is 1. The summed E-state index contributed by atoms with van der Waals surface area (Å²) in [6, 6.07) is 8.15. The molecule has 0 radical (unpaired) electrons. The highest BCUT2D eigenvalue weighted by Gasteiger charge is 2.15. The summed E-state index contributed by atoms with van der Waals surface area (Å²) in [5.41, 5.74) is 3.67. The lowest BCUT2D eigenvalue weighted by Gasteiger charge is -2.10. The number of aromatic nitrogens is 5. The van der Waals surface area contributed by atoms with Gasteiger partial charge in [-0.2, -0.15) is 4.98 Å². The Kier molecular flexibility index (Phi) is 5.77. The highest BCUT2D eigenvalue weighted by atomic mass is 32.2. The summed E-state index contributed by atoms with van der Waals surface area (Å²) in [5.74, 6) is 0.566. The Morgan fingerprint density at radius 2 is 2.03 bits per heavy atom. The van der Waals surface area contributed by atoms with Crippen LogP contribution in [-0.4, -0.2) is 43.3 Å². The quantitative estimate of drug-likeness (QED) is 0.360. The van der Waals surface area contributed by atoms with Gasteiger partial charge >= 0.3 is 0 Å². The van der Waals surface area contributed by atoms with E-state index >= 15 is 0 Å². The number of rotatable bonds is 7. The topological polar surface area (TPSA) is 85.1 Å². The summed E-state index contributed by atoms with van der Waals surface area (Å²) in [6.07, 6.45) is 3.94. The van der Waals surface area contributed by atoms with Crippen molar-refractivity contribution in [3.05, 3.63) is 46.2 Å². The zero-order chi connectivity index (χ0) is 20.4. The molecule has 0 fully saturated rings. The molecule has 150 valence electrons. The number of hydrogen-bond donors (Lipinski definition) is 1. The van der Waals surface area contributed by atoms with Crippen molar-refractivity contribution < 1.29 is 4.79 Å². The van der Waals surface area contributed by atoms with Crippen molar-refractivity contribution in [1.82, 2.24) is 29.9 Å². The van der Waals surface area contributed by atoms with Crippen LogP contribution in [0, 0.1) is 13.8 Å². The van der Waals surface area contributed by atoms with Gasteiger partial charge in [-0.25, -0.2) is 14.5 Å². The van der Waals surface area contributed by atoms with E-state index in [0.717, 1.165) is 40.3 Å². The van der Waals surface area contributed by atoms with Crippen LogP contribution in [0.1, 0.15) is 28.4 Å². The van der Waals surface area contributed by atoms with E-state index in [-0.39, 0.29) is 12.3 Å². The lowest BCUT2D eigenvalue weighted by molar-refractivity contribution is -0.120. The predicted molar refractivity (Wildman–Crippen MR) is 117 cm³/mol. The molecule has 0 unspecified atom stereocenters. The Balaban J connectivity index is 1.34. The highest BCUT2D eigenvalue weighted by molar-refractivity contribution is 7.98. The molecule has 29 heavy (non-hydrogen) atoms. The maximum atomic E-state index is 12.5. The summed E-state index contributed by atoms with van der Waals surface area (Å²) in [5, 5.41) is 9.24. The third-order valence-corrected chi connectivity index (χ3v) is 6.41. The van der Waals surface area contributed by atoms with Gasteiger partial charge in [0, 0.05) is 29.9 Å². The standard InChI is InChI=1S/C20H22N6OS2/c1-12-14(13(2)26-19(22-12)24-20(25-26)28-3)11-17(27)21-10-6-9-18-23-15-7-4-5-8-16(15)29-18/h4-5,7-8H,6,9-11H2,1-3H3,(H,21,27). The first kappa shape index (κ1) is 19.8. The SMILES string of the molecule is CSc1nc2nc(C)c(CC(=O)NCCCc3nc4ccccc4s3)c(C)n2n1. The Hall–Kier alpha value is -2.52. The Labute approximate surface area is 177 Å². The summed E-state index contributed by atoms with van der Waals surface area (Å²) in [7, 11) is 0. The number of thioether (sulfide) groups is 1. The van der Waals surface area contributed by atoms with Gasteiger partial charge in [-0.15, -0.1) is 16.4 Å². The number of hydrogen-bond acceptors (Lipinski definition) is 7. The van der Waals surface area contributed by atoms with Crippen LogP contribution in [-0.2, 0) is 17.6 Å². The van der Waals surface area contributed by atoms with Crippen LogP contribution in [0.5, 0.6) is 0 Å². The molecule has 0 saturated carbocycles. The molecule has 0 aliphatic carbocycles. The van der Waals surface area contributed by atoms with Crippen molar-refractivity contribution in [1.29, 1.82) is 0 Å². The first-order valence-electron chi connectivity index (χ1n) is 9.43. The average molecular weight is 427 g/mol. The third-order valence-electron chi connectivity index (χ3n) is 4.78. The first-order chi connectivity index (χ1) is 14.0. The largest absolute Gasteiger partial charge is 0.356 e. The van der Waals surface area contributed by atoms with E-state index in [1.165, 1.54) is 16.5 Å². The molecule has 9 heteroatoms.